The van der Waals surface area contributed by atoms with Crippen molar-refractivity contribution in [1.29, 1.82) is 0 Å². The van der Waals surface area contributed by atoms with E-state index in [-0.39, 0.29) is 0 Å². The van der Waals surface area contributed by atoms with E-state index in [0.29, 0.717) is 0 Å². The Hall–Kier alpha value is -1.96. The molecule has 1 fully saturated rings. The van der Waals surface area contributed by atoms with Gasteiger partial charge >= 0.3 is 0 Å². The van der Waals surface area contributed by atoms with E-state index in [1.807, 2.05) is 0 Å². The molecule has 2 nitrogen and oxygen atoms in total. The Bertz CT molecular complexity index is 568. The first-order valence-electron chi connectivity index (χ1n) is 8.02. The predicted molar refractivity (Wildman–Crippen MR) is 91.0 cm³/mol. The van der Waals surface area contributed by atoms with Crippen LogP contribution in [0, 0.1) is 0 Å². The van der Waals surface area contributed by atoms with Crippen LogP contribution in [0.1, 0.15) is 30.9 Å². The summed E-state index contributed by atoms with van der Waals surface area (Å²) < 4.78 is 0. The number of anilines is 2. The van der Waals surface area contributed by atoms with Gasteiger partial charge in [-0.2, -0.15) is 0 Å². The fraction of sp³-hybridized carbons (Fsp3) is 0.368. The Balaban J connectivity index is 1.69. The third-order valence-corrected chi connectivity index (χ3v) is 4.28. The van der Waals surface area contributed by atoms with E-state index >= 15 is 0 Å². The molecule has 1 aliphatic heterocycles. The number of nitrogens with zero attached hydrogens (tertiary/aromatic N) is 1. The van der Waals surface area contributed by atoms with Crippen molar-refractivity contribution in [2.45, 2.75) is 32.7 Å². The van der Waals surface area contributed by atoms with Crippen molar-refractivity contribution in [1.82, 2.24) is 0 Å². The van der Waals surface area contributed by atoms with Crippen molar-refractivity contribution in [3.8, 4) is 0 Å². The summed E-state index contributed by atoms with van der Waals surface area (Å²) in [6.07, 6.45) is 3.73. The maximum Gasteiger partial charge on any atom is 0.0421 e. The molecular formula is C19H24N2. The minimum absolute atomic E-state index is 0.887. The topological polar surface area (TPSA) is 15.3 Å². The van der Waals surface area contributed by atoms with E-state index < -0.39 is 0 Å². The average Bonchev–Trinajstić information content (AvgIpc) is 3.08. The SMILES string of the molecule is CCc1ccc(NCc2ccccc2N2CCCC2)cc1. The van der Waals surface area contributed by atoms with Crippen LogP contribution in [0.5, 0.6) is 0 Å². The molecule has 0 aromatic heterocycles. The highest BCUT2D eigenvalue weighted by molar-refractivity contribution is 5.56. The van der Waals surface area contributed by atoms with Gasteiger partial charge in [-0.3, -0.25) is 0 Å². The first kappa shape index (κ1) is 14.0. The van der Waals surface area contributed by atoms with Gasteiger partial charge in [-0.25, -0.2) is 0 Å². The largest absolute Gasteiger partial charge is 0.381 e. The van der Waals surface area contributed by atoms with Gasteiger partial charge < -0.3 is 10.2 Å². The lowest BCUT2D eigenvalue weighted by Crippen LogP contribution is -2.19. The molecule has 2 aromatic rings. The van der Waals surface area contributed by atoms with Gasteiger partial charge in [-0.05, 0) is 48.6 Å². The standard InChI is InChI=1S/C19H24N2/c1-2-16-9-11-18(12-10-16)20-15-17-7-3-4-8-19(17)21-13-5-6-14-21/h3-4,7-12,20H,2,5-6,13-15H2,1H3. The minimum Gasteiger partial charge on any atom is -0.381 e. The molecule has 0 unspecified atom stereocenters. The number of hydrogen-bond donors (Lipinski definition) is 1. The molecule has 3 rings (SSSR count). The van der Waals surface area contributed by atoms with Crippen molar-refractivity contribution in [2.75, 3.05) is 23.3 Å². The Kier molecular flexibility index (Phi) is 4.44. The van der Waals surface area contributed by atoms with Gasteiger partial charge in [0.15, 0.2) is 0 Å². The maximum atomic E-state index is 3.55. The molecule has 0 bridgehead atoms. The summed E-state index contributed by atoms with van der Waals surface area (Å²) in [4.78, 5) is 2.51. The summed E-state index contributed by atoms with van der Waals surface area (Å²) in [7, 11) is 0. The first-order valence-corrected chi connectivity index (χ1v) is 8.02. The van der Waals surface area contributed by atoms with E-state index in [1.165, 1.54) is 48.4 Å². The van der Waals surface area contributed by atoms with Gasteiger partial charge in [0.2, 0.25) is 0 Å². The van der Waals surface area contributed by atoms with Gasteiger partial charge in [0, 0.05) is 31.0 Å². The second-order valence-corrected chi connectivity index (χ2v) is 5.73. The molecule has 1 N–H and O–H groups in total. The Morgan fingerprint density at radius 1 is 0.952 bits per heavy atom. The van der Waals surface area contributed by atoms with E-state index in [4.69, 9.17) is 0 Å². The molecule has 0 atom stereocenters. The quantitative estimate of drug-likeness (QED) is 0.869. The number of aryl methyl sites for hydroxylation is 1. The van der Waals surface area contributed by atoms with Gasteiger partial charge in [0.1, 0.15) is 0 Å². The summed E-state index contributed by atoms with van der Waals surface area (Å²) >= 11 is 0. The lowest BCUT2D eigenvalue weighted by molar-refractivity contribution is 0.949. The Morgan fingerprint density at radius 3 is 2.38 bits per heavy atom. The lowest BCUT2D eigenvalue weighted by Gasteiger charge is -2.21. The Morgan fingerprint density at radius 2 is 1.67 bits per heavy atom. The van der Waals surface area contributed by atoms with Gasteiger partial charge in [-0.15, -0.1) is 0 Å². The Labute approximate surface area is 127 Å². The van der Waals surface area contributed by atoms with Gasteiger partial charge in [0.05, 0.1) is 0 Å². The summed E-state index contributed by atoms with van der Waals surface area (Å²) in [5.74, 6) is 0. The number of benzene rings is 2. The highest BCUT2D eigenvalue weighted by Gasteiger charge is 2.14. The van der Waals surface area contributed by atoms with Crippen LogP contribution in [-0.2, 0) is 13.0 Å². The smallest absolute Gasteiger partial charge is 0.0421 e. The third kappa shape index (κ3) is 3.38. The molecule has 1 heterocycles. The van der Waals surface area contributed by atoms with Gasteiger partial charge in [-0.1, -0.05) is 37.3 Å². The summed E-state index contributed by atoms with van der Waals surface area (Å²) in [5, 5.41) is 3.55. The van der Waals surface area contributed by atoms with E-state index in [2.05, 4.69) is 65.7 Å². The molecule has 110 valence electrons. The van der Waals surface area contributed by atoms with Crippen molar-refractivity contribution >= 4 is 11.4 Å². The van der Waals surface area contributed by atoms with Crippen LogP contribution in [-0.4, -0.2) is 13.1 Å². The second kappa shape index (κ2) is 6.66. The molecule has 0 saturated carbocycles. The van der Waals surface area contributed by atoms with Crippen LogP contribution >= 0.6 is 0 Å². The molecule has 0 spiro atoms. The van der Waals surface area contributed by atoms with Crippen LogP contribution in [0.2, 0.25) is 0 Å². The van der Waals surface area contributed by atoms with Crippen LogP contribution in [0.4, 0.5) is 11.4 Å². The monoisotopic (exact) mass is 280 g/mol. The highest BCUT2D eigenvalue weighted by Crippen LogP contribution is 2.25. The molecular weight excluding hydrogens is 256 g/mol. The number of para-hydroxylation sites is 1. The minimum atomic E-state index is 0.887. The van der Waals surface area contributed by atoms with Crippen molar-refractivity contribution in [2.24, 2.45) is 0 Å². The molecule has 2 aromatic carbocycles. The number of hydrogen-bond acceptors (Lipinski definition) is 2. The van der Waals surface area contributed by atoms with Crippen LogP contribution < -0.4 is 10.2 Å². The fourth-order valence-electron chi connectivity index (χ4n) is 2.98. The maximum absolute atomic E-state index is 3.55. The van der Waals surface area contributed by atoms with Crippen LogP contribution in [0.15, 0.2) is 48.5 Å². The van der Waals surface area contributed by atoms with Crippen LogP contribution in [0.25, 0.3) is 0 Å². The second-order valence-electron chi connectivity index (χ2n) is 5.73. The van der Waals surface area contributed by atoms with E-state index in [9.17, 15) is 0 Å². The first-order chi connectivity index (χ1) is 10.4. The molecule has 0 amide bonds. The zero-order valence-corrected chi connectivity index (χ0v) is 12.8. The van der Waals surface area contributed by atoms with Crippen molar-refractivity contribution in [3.63, 3.8) is 0 Å². The predicted octanol–water partition coefficient (Wildman–Crippen LogP) is 4.46. The molecule has 1 aliphatic rings. The molecule has 0 aliphatic carbocycles. The normalized spacial score (nSPS) is 14.4. The molecule has 2 heteroatoms. The van der Waals surface area contributed by atoms with E-state index in [0.717, 1.165) is 13.0 Å². The number of nitrogens with one attached hydrogen (secondary N) is 1. The highest BCUT2D eigenvalue weighted by atomic mass is 15.1. The summed E-state index contributed by atoms with van der Waals surface area (Å²) in [6, 6.07) is 17.5. The van der Waals surface area contributed by atoms with Crippen molar-refractivity contribution in [3.05, 3.63) is 59.7 Å². The molecule has 21 heavy (non-hydrogen) atoms. The lowest BCUT2D eigenvalue weighted by atomic mass is 10.1. The van der Waals surface area contributed by atoms with Gasteiger partial charge in [0.25, 0.3) is 0 Å². The fourth-order valence-corrected chi connectivity index (χ4v) is 2.98. The molecule has 0 radical (unpaired) electrons. The zero-order chi connectivity index (χ0) is 14.5. The summed E-state index contributed by atoms with van der Waals surface area (Å²) in [5.41, 5.74) is 5.37. The zero-order valence-electron chi connectivity index (χ0n) is 12.8. The van der Waals surface area contributed by atoms with Crippen molar-refractivity contribution < 1.29 is 0 Å². The summed E-state index contributed by atoms with van der Waals surface area (Å²) in [6.45, 7) is 5.47. The molecule has 1 saturated heterocycles. The average molecular weight is 280 g/mol. The number of rotatable bonds is 5. The third-order valence-electron chi connectivity index (χ3n) is 4.28. The van der Waals surface area contributed by atoms with E-state index in [1.54, 1.807) is 0 Å². The van der Waals surface area contributed by atoms with Crippen LogP contribution in [0.3, 0.4) is 0 Å².